The molecule has 1 unspecified atom stereocenters. The minimum atomic E-state index is -1.39. The van der Waals surface area contributed by atoms with Crippen molar-refractivity contribution in [1.29, 1.82) is 0 Å². The summed E-state index contributed by atoms with van der Waals surface area (Å²) in [4.78, 5) is 50.9. The number of ether oxygens (including phenoxy) is 7. The first kappa shape index (κ1) is 33.8. The average Bonchev–Trinajstić information content (AvgIpc) is 3.53. The van der Waals surface area contributed by atoms with Crippen molar-refractivity contribution in [1.82, 2.24) is 0 Å². The molecule has 0 saturated carbocycles. The van der Waals surface area contributed by atoms with Crippen molar-refractivity contribution in [2.75, 3.05) is 6.61 Å². The number of hydrogen-bond acceptors (Lipinski definition) is 12. The van der Waals surface area contributed by atoms with Crippen LogP contribution in [-0.2, 0) is 44.5 Å². The first-order chi connectivity index (χ1) is 23.5. The van der Waals surface area contributed by atoms with Crippen LogP contribution in [0.15, 0.2) is 77.4 Å². The molecule has 0 amide bonds. The van der Waals surface area contributed by atoms with Gasteiger partial charge in [0.1, 0.15) is 34.9 Å². The standard InChI is InChI=1S/C37H36O12/c1-20-16-29(44-21(2)38)32(27(41)12-10-24-11-13-28-26(18-24)14-15-42-28)30(17-20)47-37-35(46-23(4)40)34(45-22(3)39)33-31(48-37)19-43-36(49-33)25-8-6-5-7-9-25/h5-9,11,13-18,31,33-37H,10,12,19H2,1-4H3/t31-,33-,34+,35-,36?,37-/m1/s1. The number of furan rings is 1. The third kappa shape index (κ3) is 7.83. The summed E-state index contributed by atoms with van der Waals surface area (Å²) in [7, 11) is 0. The van der Waals surface area contributed by atoms with E-state index in [0.717, 1.165) is 22.1 Å². The molecule has 3 aromatic carbocycles. The fourth-order valence-corrected chi connectivity index (χ4v) is 6.07. The van der Waals surface area contributed by atoms with Crippen molar-refractivity contribution in [3.05, 3.63) is 95.2 Å². The molecule has 4 aromatic rings. The molecule has 0 radical (unpaired) electrons. The predicted molar refractivity (Wildman–Crippen MR) is 172 cm³/mol. The summed E-state index contributed by atoms with van der Waals surface area (Å²) in [6, 6.07) is 19.8. The zero-order valence-electron chi connectivity index (χ0n) is 27.4. The lowest BCUT2D eigenvalue weighted by molar-refractivity contribution is -0.351. The Morgan fingerprint density at radius 2 is 1.55 bits per heavy atom. The highest BCUT2D eigenvalue weighted by Crippen LogP contribution is 2.39. The number of aryl methyl sites for hydroxylation is 2. The van der Waals surface area contributed by atoms with Gasteiger partial charge in [-0.05, 0) is 54.8 Å². The number of ketones is 1. The van der Waals surface area contributed by atoms with Gasteiger partial charge in [-0.15, -0.1) is 0 Å². The zero-order valence-corrected chi connectivity index (χ0v) is 27.4. The van der Waals surface area contributed by atoms with Crippen molar-refractivity contribution >= 4 is 34.7 Å². The highest BCUT2D eigenvalue weighted by Gasteiger charge is 2.54. The molecule has 2 saturated heterocycles. The van der Waals surface area contributed by atoms with Crippen LogP contribution in [0.1, 0.15) is 60.5 Å². The van der Waals surface area contributed by atoms with Crippen LogP contribution in [0.5, 0.6) is 11.5 Å². The Hall–Kier alpha value is -5.04. The van der Waals surface area contributed by atoms with Crippen LogP contribution in [0, 0.1) is 6.92 Å². The van der Waals surface area contributed by atoms with Gasteiger partial charge >= 0.3 is 17.9 Å². The fourth-order valence-electron chi connectivity index (χ4n) is 6.07. The largest absolute Gasteiger partial charge is 0.464 e. The average molecular weight is 673 g/mol. The lowest BCUT2D eigenvalue weighted by Crippen LogP contribution is -2.65. The van der Waals surface area contributed by atoms with Gasteiger partial charge in [-0.1, -0.05) is 36.4 Å². The van der Waals surface area contributed by atoms with Crippen LogP contribution in [0.4, 0.5) is 0 Å². The van der Waals surface area contributed by atoms with Crippen LogP contribution in [-0.4, -0.2) is 61.0 Å². The van der Waals surface area contributed by atoms with Crippen molar-refractivity contribution < 1.29 is 56.8 Å². The summed E-state index contributed by atoms with van der Waals surface area (Å²) in [5, 5.41) is 0.905. The van der Waals surface area contributed by atoms with Crippen LogP contribution < -0.4 is 9.47 Å². The van der Waals surface area contributed by atoms with E-state index in [-0.39, 0.29) is 35.9 Å². The molecule has 3 heterocycles. The van der Waals surface area contributed by atoms with E-state index >= 15 is 0 Å². The van der Waals surface area contributed by atoms with E-state index < -0.39 is 54.9 Å². The Balaban J connectivity index is 1.32. The number of fused-ring (bicyclic) bond motifs is 2. The lowest BCUT2D eigenvalue weighted by Gasteiger charge is -2.48. The van der Waals surface area contributed by atoms with E-state index in [9.17, 15) is 19.2 Å². The number of Topliss-reactive ketones (excluding diaryl/α,β-unsaturated/α-hetero) is 1. The molecular weight excluding hydrogens is 636 g/mol. The van der Waals surface area contributed by atoms with Crippen LogP contribution in [0.25, 0.3) is 11.0 Å². The summed E-state index contributed by atoms with van der Waals surface area (Å²) >= 11 is 0. The van der Waals surface area contributed by atoms with Gasteiger partial charge in [-0.25, -0.2) is 0 Å². The molecule has 2 aliphatic heterocycles. The number of rotatable bonds is 10. The van der Waals surface area contributed by atoms with Gasteiger partial charge in [0.05, 0.1) is 12.9 Å². The number of esters is 3. The molecule has 2 fully saturated rings. The SMILES string of the molecule is CC(=O)Oc1cc(C)cc(O[C@@H]2O[C@@H]3COC(c4ccccc4)O[C@H]3[C@H](OC(C)=O)[C@H]2OC(C)=O)c1C(=O)CCc1ccc2occc2c1. The molecule has 2 aliphatic rings. The van der Waals surface area contributed by atoms with Crippen molar-refractivity contribution in [2.24, 2.45) is 0 Å². The van der Waals surface area contributed by atoms with E-state index in [2.05, 4.69) is 0 Å². The normalized spacial score (nSPS) is 23.3. The predicted octanol–water partition coefficient (Wildman–Crippen LogP) is 5.56. The number of benzene rings is 3. The van der Waals surface area contributed by atoms with E-state index in [1.54, 1.807) is 25.3 Å². The van der Waals surface area contributed by atoms with Gasteiger partial charge in [-0.2, -0.15) is 0 Å². The zero-order chi connectivity index (χ0) is 34.7. The molecule has 256 valence electrons. The third-order valence-electron chi connectivity index (χ3n) is 8.10. The minimum Gasteiger partial charge on any atom is -0.464 e. The Bertz CT molecular complexity index is 1850. The molecule has 12 nitrogen and oxygen atoms in total. The van der Waals surface area contributed by atoms with Gasteiger partial charge in [0.25, 0.3) is 0 Å². The highest BCUT2D eigenvalue weighted by atomic mass is 16.8. The van der Waals surface area contributed by atoms with Gasteiger partial charge < -0.3 is 37.6 Å². The molecule has 1 aromatic heterocycles. The van der Waals surface area contributed by atoms with E-state index in [4.69, 9.17) is 37.6 Å². The summed E-state index contributed by atoms with van der Waals surface area (Å²) in [6.45, 7) is 5.42. The van der Waals surface area contributed by atoms with Gasteiger partial charge in [0.2, 0.25) is 12.4 Å². The third-order valence-corrected chi connectivity index (χ3v) is 8.10. The van der Waals surface area contributed by atoms with Crippen LogP contribution in [0.2, 0.25) is 0 Å². The topological polar surface area (TPSA) is 146 Å². The summed E-state index contributed by atoms with van der Waals surface area (Å²) in [5.74, 6) is -2.33. The summed E-state index contributed by atoms with van der Waals surface area (Å²) in [6.07, 6.45) is -4.41. The number of carbonyl (C=O) groups is 4. The monoisotopic (exact) mass is 672 g/mol. The Labute approximate surface area is 282 Å². The second kappa shape index (κ2) is 14.6. The molecule has 0 N–H and O–H groups in total. The van der Waals surface area contributed by atoms with E-state index in [1.807, 2.05) is 54.6 Å². The molecular formula is C37H36O12. The van der Waals surface area contributed by atoms with Gasteiger partial charge in [-0.3, -0.25) is 19.2 Å². The molecule has 6 rings (SSSR count). The van der Waals surface area contributed by atoms with Crippen molar-refractivity contribution in [3.8, 4) is 11.5 Å². The molecule has 12 heteroatoms. The Morgan fingerprint density at radius 3 is 2.29 bits per heavy atom. The van der Waals surface area contributed by atoms with Crippen molar-refractivity contribution in [2.45, 2.75) is 77.5 Å². The molecule has 6 atom stereocenters. The molecule has 49 heavy (non-hydrogen) atoms. The van der Waals surface area contributed by atoms with Crippen LogP contribution >= 0.6 is 0 Å². The summed E-state index contributed by atoms with van der Waals surface area (Å²) in [5.41, 5.74) is 2.97. The second-order valence-electron chi connectivity index (χ2n) is 11.9. The Morgan fingerprint density at radius 1 is 0.816 bits per heavy atom. The number of carbonyl (C=O) groups excluding carboxylic acids is 4. The van der Waals surface area contributed by atoms with E-state index in [1.165, 1.54) is 20.8 Å². The Kier molecular flexibility index (Phi) is 10.1. The van der Waals surface area contributed by atoms with Crippen LogP contribution in [0.3, 0.4) is 0 Å². The first-order valence-electron chi connectivity index (χ1n) is 15.9. The molecule has 0 bridgehead atoms. The lowest BCUT2D eigenvalue weighted by atomic mass is 9.96. The number of hydrogen-bond donors (Lipinski definition) is 0. The van der Waals surface area contributed by atoms with E-state index in [0.29, 0.717) is 12.0 Å². The quantitative estimate of drug-likeness (QED) is 0.118. The second-order valence-corrected chi connectivity index (χ2v) is 11.9. The maximum absolute atomic E-state index is 14.0. The first-order valence-corrected chi connectivity index (χ1v) is 15.9. The van der Waals surface area contributed by atoms with Gasteiger partial charge in [0.15, 0.2) is 18.2 Å². The fraction of sp³-hybridized carbons (Fsp3) is 0.351. The van der Waals surface area contributed by atoms with Crippen molar-refractivity contribution in [3.63, 3.8) is 0 Å². The summed E-state index contributed by atoms with van der Waals surface area (Å²) < 4.78 is 47.2. The van der Waals surface area contributed by atoms with Gasteiger partial charge in [0, 0.05) is 38.1 Å². The smallest absolute Gasteiger partial charge is 0.308 e. The molecule has 0 aliphatic carbocycles. The highest BCUT2D eigenvalue weighted by molar-refractivity contribution is 6.02. The minimum absolute atomic E-state index is 0.00168. The maximum Gasteiger partial charge on any atom is 0.308 e. The maximum atomic E-state index is 14.0. The molecule has 0 spiro atoms.